The van der Waals surface area contributed by atoms with Crippen LogP contribution in [0.5, 0.6) is 0 Å². The van der Waals surface area contributed by atoms with Crippen LogP contribution in [0.1, 0.15) is 26.7 Å². The Morgan fingerprint density at radius 2 is 1.67 bits per heavy atom. The van der Waals surface area contributed by atoms with E-state index in [-0.39, 0.29) is 36.1 Å². The van der Waals surface area contributed by atoms with E-state index in [9.17, 15) is 9.90 Å². The molecule has 0 saturated carbocycles. The molecule has 66 valence electrons. The fourth-order valence-corrected chi connectivity index (χ4v) is 1.08. The van der Waals surface area contributed by atoms with E-state index in [1.54, 1.807) is 0 Å². The van der Waals surface area contributed by atoms with Crippen molar-refractivity contribution in [2.45, 2.75) is 26.7 Å². The molecule has 0 aliphatic rings. The van der Waals surface area contributed by atoms with Crippen molar-refractivity contribution in [3.05, 3.63) is 0 Å². The average Bonchev–Trinajstić information content (AvgIpc) is 1.87. The molecule has 3 nitrogen and oxygen atoms in total. The summed E-state index contributed by atoms with van der Waals surface area (Å²) in [7, 11) is 0. The van der Waals surface area contributed by atoms with Crippen LogP contribution in [0.4, 0.5) is 0 Å². The number of carboxylic acid groups (broad SMARTS) is 1. The Hall–Kier alpha value is 0.430. The van der Waals surface area contributed by atoms with Crippen LogP contribution in [0.2, 0.25) is 0 Å². The smallest absolute Gasteiger partial charge is 0.549 e. The van der Waals surface area contributed by atoms with Crippen molar-refractivity contribution in [2.24, 2.45) is 0 Å². The summed E-state index contributed by atoms with van der Waals surface area (Å²) in [5, 5.41) is 10.2. The summed E-state index contributed by atoms with van der Waals surface area (Å²) in [5.41, 5.74) is 0. The van der Waals surface area contributed by atoms with Gasteiger partial charge in [0.2, 0.25) is 0 Å². The maximum absolute atomic E-state index is 10.2. The molecule has 0 aliphatic heterocycles. The van der Waals surface area contributed by atoms with E-state index in [2.05, 4.69) is 0 Å². The van der Waals surface area contributed by atoms with Gasteiger partial charge >= 0.3 is 29.6 Å². The molecule has 0 atom stereocenters. The maximum Gasteiger partial charge on any atom is 1.00 e. The number of carbonyl (C=O) groups excluding carboxylic acids is 1. The van der Waals surface area contributed by atoms with Gasteiger partial charge in [-0.15, -0.1) is 0 Å². The Bertz CT molecular complexity index is 114. The summed E-state index contributed by atoms with van der Waals surface area (Å²) in [4.78, 5) is 12.1. The third kappa shape index (κ3) is 8.53. The minimum Gasteiger partial charge on any atom is -0.549 e. The molecule has 0 unspecified atom stereocenters. The van der Waals surface area contributed by atoms with Gasteiger partial charge in [0.1, 0.15) is 0 Å². The average molecular weight is 181 g/mol. The molecule has 0 aliphatic carbocycles. The molecule has 0 N–H and O–H groups in total. The molecule has 0 bridgehead atoms. The molecular formula is C8H16NNaO2. The number of hydrogen-bond donors (Lipinski definition) is 0. The topological polar surface area (TPSA) is 43.4 Å². The van der Waals surface area contributed by atoms with Crippen molar-refractivity contribution in [2.75, 3.05) is 19.6 Å². The van der Waals surface area contributed by atoms with Crippen molar-refractivity contribution in [1.82, 2.24) is 4.90 Å². The van der Waals surface area contributed by atoms with Crippen molar-refractivity contribution >= 4 is 5.97 Å². The van der Waals surface area contributed by atoms with Gasteiger partial charge in [-0.05, 0) is 25.9 Å². The molecule has 0 amide bonds. The van der Waals surface area contributed by atoms with E-state index in [0.717, 1.165) is 25.9 Å². The first kappa shape index (κ1) is 14.9. The zero-order chi connectivity index (χ0) is 8.69. The van der Waals surface area contributed by atoms with E-state index >= 15 is 0 Å². The van der Waals surface area contributed by atoms with E-state index in [1.165, 1.54) is 0 Å². The van der Waals surface area contributed by atoms with Crippen LogP contribution in [0.3, 0.4) is 0 Å². The summed E-state index contributed by atoms with van der Waals surface area (Å²) in [6.45, 7) is 5.85. The first-order valence-electron chi connectivity index (χ1n) is 4.12. The molecule has 0 saturated heterocycles. The molecule has 0 rings (SSSR count). The third-order valence-corrected chi connectivity index (χ3v) is 1.43. The molecule has 0 spiro atoms. The summed E-state index contributed by atoms with van der Waals surface area (Å²) in [6, 6.07) is 0. The van der Waals surface area contributed by atoms with Crippen LogP contribution >= 0.6 is 0 Å². The molecule has 0 fully saturated rings. The van der Waals surface area contributed by atoms with Gasteiger partial charge in [0, 0.05) is 6.54 Å². The summed E-state index contributed by atoms with van der Waals surface area (Å²) >= 11 is 0. The largest absolute Gasteiger partial charge is 1.00 e. The SMILES string of the molecule is CCCN(CCC)CC(=O)[O-].[Na+]. The van der Waals surface area contributed by atoms with Crippen molar-refractivity contribution in [3.8, 4) is 0 Å². The zero-order valence-corrected chi connectivity index (χ0v) is 10.3. The fraction of sp³-hybridized carbons (Fsp3) is 0.875. The van der Waals surface area contributed by atoms with Gasteiger partial charge in [-0.3, -0.25) is 4.90 Å². The predicted molar refractivity (Wildman–Crippen MR) is 42.0 cm³/mol. The second kappa shape index (κ2) is 9.52. The summed E-state index contributed by atoms with van der Waals surface area (Å²) in [5.74, 6) is -0.980. The molecule has 0 aromatic carbocycles. The second-order valence-corrected chi connectivity index (χ2v) is 2.65. The third-order valence-electron chi connectivity index (χ3n) is 1.43. The minimum atomic E-state index is -0.980. The number of carboxylic acids is 1. The Balaban J connectivity index is 0. The number of rotatable bonds is 6. The van der Waals surface area contributed by atoms with Gasteiger partial charge in [0.05, 0.1) is 5.97 Å². The number of aliphatic carboxylic acids is 1. The Morgan fingerprint density at radius 3 is 1.92 bits per heavy atom. The fourth-order valence-electron chi connectivity index (χ4n) is 1.08. The van der Waals surface area contributed by atoms with Crippen LogP contribution in [-0.4, -0.2) is 30.5 Å². The molecule has 0 aromatic heterocycles. The van der Waals surface area contributed by atoms with Gasteiger partial charge in [-0.2, -0.15) is 0 Å². The van der Waals surface area contributed by atoms with Crippen LogP contribution < -0.4 is 34.7 Å². The molecule has 4 heteroatoms. The normalized spacial score (nSPS) is 9.58. The van der Waals surface area contributed by atoms with E-state index in [4.69, 9.17) is 0 Å². The number of hydrogen-bond acceptors (Lipinski definition) is 3. The summed E-state index contributed by atoms with van der Waals surface area (Å²) < 4.78 is 0. The monoisotopic (exact) mass is 181 g/mol. The Labute approximate surface area is 96.4 Å². The molecule has 0 radical (unpaired) electrons. The van der Waals surface area contributed by atoms with Gasteiger partial charge in [-0.25, -0.2) is 0 Å². The van der Waals surface area contributed by atoms with Crippen molar-refractivity contribution < 1.29 is 39.5 Å². The molecule has 0 aromatic rings. The quantitative estimate of drug-likeness (QED) is 0.407. The predicted octanol–water partition coefficient (Wildman–Crippen LogP) is -3.14. The number of nitrogens with zero attached hydrogens (tertiary/aromatic N) is 1. The van der Waals surface area contributed by atoms with E-state index < -0.39 is 5.97 Å². The molecule has 0 heterocycles. The van der Waals surface area contributed by atoms with Gasteiger partial charge in [0.25, 0.3) is 0 Å². The summed E-state index contributed by atoms with van der Waals surface area (Å²) in [6.07, 6.45) is 1.99. The van der Waals surface area contributed by atoms with E-state index in [1.807, 2.05) is 18.7 Å². The van der Waals surface area contributed by atoms with Crippen molar-refractivity contribution in [1.29, 1.82) is 0 Å². The Morgan fingerprint density at radius 1 is 1.25 bits per heavy atom. The van der Waals surface area contributed by atoms with Crippen LogP contribution in [-0.2, 0) is 4.79 Å². The minimum absolute atomic E-state index is 0. The van der Waals surface area contributed by atoms with Gasteiger partial charge in [-0.1, -0.05) is 13.8 Å². The molecular weight excluding hydrogens is 165 g/mol. The standard InChI is InChI=1S/C8H17NO2.Na/c1-3-5-9(6-4-2)7-8(10)11;/h3-7H2,1-2H3,(H,10,11);/q;+1/p-1. The maximum atomic E-state index is 10.2. The van der Waals surface area contributed by atoms with Crippen LogP contribution in [0.15, 0.2) is 0 Å². The second-order valence-electron chi connectivity index (χ2n) is 2.65. The first-order valence-corrected chi connectivity index (χ1v) is 4.12. The van der Waals surface area contributed by atoms with Gasteiger partial charge in [0.15, 0.2) is 0 Å². The zero-order valence-electron chi connectivity index (χ0n) is 8.30. The first-order chi connectivity index (χ1) is 5.20. The molecule has 12 heavy (non-hydrogen) atoms. The van der Waals surface area contributed by atoms with Crippen LogP contribution in [0.25, 0.3) is 0 Å². The van der Waals surface area contributed by atoms with Gasteiger partial charge < -0.3 is 9.90 Å². The van der Waals surface area contributed by atoms with Crippen LogP contribution in [0, 0.1) is 0 Å². The van der Waals surface area contributed by atoms with E-state index in [0.29, 0.717) is 0 Å². The Kier molecular flexibility index (Phi) is 11.8. The van der Waals surface area contributed by atoms with Crippen molar-refractivity contribution in [3.63, 3.8) is 0 Å². The number of carbonyl (C=O) groups is 1.